The molecule has 5 nitrogen and oxygen atoms in total. The second kappa shape index (κ2) is 7.90. The third-order valence-electron chi connectivity index (χ3n) is 4.46. The summed E-state index contributed by atoms with van der Waals surface area (Å²) in [5, 5.41) is 3.40. The summed E-state index contributed by atoms with van der Waals surface area (Å²) in [6.45, 7) is 0. The molecular weight excluding hydrogens is 393 g/mol. The number of nitrogens with one attached hydrogen (secondary N) is 1. The predicted molar refractivity (Wildman–Crippen MR) is 107 cm³/mol. The van der Waals surface area contributed by atoms with Crippen LogP contribution in [-0.2, 0) is 17.4 Å². The van der Waals surface area contributed by atoms with E-state index in [1.165, 1.54) is 18.5 Å². The van der Waals surface area contributed by atoms with E-state index in [1.807, 2.05) is 6.07 Å². The van der Waals surface area contributed by atoms with E-state index in [9.17, 15) is 18.0 Å². The number of nitrogens with zero attached hydrogens (tertiary/aromatic N) is 3. The van der Waals surface area contributed by atoms with Crippen LogP contribution in [0.25, 0.3) is 22.2 Å². The average molecular weight is 408 g/mol. The molecule has 1 amide bonds. The Labute approximate surface area is 169 Å². The molecule has 0 spiro atoms. The summed E-state index contributed by atoms with van der Waals surface area (Å²) in [6, 6.07) is 15.5. The summed E-state index contributed by atoms with van der Waals surface area (Å²) < 4.78 is 39.1. The first-order chi connectivity index (χ1) is 14.4. The van der Waals surface area contributed by atoms with E-state index in [0.29, 0.717) is 22.3 Å². The van der Waals surface area contributed by atoms with Gasteiger partial charge in [-0.1, -0.05) is 36.4 Å². The minimum atomic E-state index is -4.43. The third-order valence-corrected chi connectivity index (χ3v) is 4.46. The molecule has 0 atom stereocenters. The summed E-state index contributed by atoms with van der Waals surface area (Å²) in [4.78, 5) is 24.8. The van der Waals surface area contributed by atoms with Crippen LogP contribution in [0.1, 0.15) is 11.1 Å². The van der Waals surface area contributed by atoms with Crippen molar-refractivity contribution < 1.29 is 18.0 Å². The molecule has 8 heteroatoms. The summed E-state index contributed by atoms with van der Waals surface area (Å²) in [7, 11) is 0. The number of amides is 1. The zero-order valence-electron chi connectivity index (χ0n) is 15.5. The fraction of sp³-hybridized carbons (Fsp3) is 0.0909. The number of aromatic nitrogens is 3. The van der Waals surface area contributed by atoms with E-state index < -0.39 is 11.7 Å². The van der Waals surface area contributed by atoms with Gasteiger partial charge in [-0.05, 0) is 29.8 Å². The number of hydrogen-bond acceptors (Lipinski definition) is 4. The fourth-order valence-electron chi connectivity index (χ4n) is 3.07. The molecule has 0 radical (unpaired) electrons. The number of alkyl halides is 3. The Morgan fingerprint density at radius 3 is 2.47 bits per heavy atom. The van der Waals surface area contributed by atoms with Crippen molar-refractivity contribution in [1.29, 1.82) is 0 Å². The number of carbonyl (C=O) groups excluding carboxylic acids is 1. The van der Waals surface area contributed by atoms with Crippen LogP contribution in [0.3, 0.4) is 0 Å². The molecule has 2 heterocycles. The molecule has 2 aromatic heterocycles. The van der Waals surface area contributed by atoms with Crippen molar-refractivity contribution in [3.8, 4) is 11.3 Å². The van der Waals surface area contributed by atoms with Crippen LogP contribution in [0.15, 0.2) is 73.1 Å². The molecule has 4 aromatic rings. The predicted octanol–water partition coefficient (Wildman–Crippen LogP) is 4.89. The van der Waals surface area contributed by atoms with Crippen LogP contribution in [0.2, 0.25) is 0 Å². The van der Waals surface area contributed by atoms with Gasteiger partial charge in [0.2, 0.25) is 11.9 Å². The van der Waals surface area contributed by atoms with Crippen molar-refractivity contribution in [3.05, 3.63) is 84.2 Å². The quantitative estimate of drug-likeness (QED) is 0.522. The van der Waals surface area contributed by atoms with Gasteiger partial charge >= 0.3 is 6.18 Å². The van der Waals surface area contributed by atoms with Gasteiger partial charge in [-0.3, -0.25) is 10.1 Å². The van der Waals surface area contributed by atoms with Gasteiger partial charge < -0.3 is 0 Å². The molecule has 30 heavy (non-hydrogen) atoms. The maximum absolute atomic E-state index is 13.0. The van der Waals surface area contributed by atoms with Crippen molar-refractivity contribution in [2.24, 2.45) is 0 Å². The van der Waals surface area contributed by atoms with E-state index in [2.05, 4.69) is 20.3 Å². The first-order valence-corrected chi connectivity index (χ1v) is 9.03. The molecule has 0 saturated carbocycles. The molecule has 1 N–H and O–H groups in total. The van der Waals surface area contributed by atoms with Gasteiger partial charge in [-0.2, -0.15) is 13.2 Å². The maximum atomic E-state index is 13.0. The number of anilines is 1. The number of carbonyl (C=O) groups is 1. The lowest BCUT2D eigenvalue weighted by Gasteiger charge is -2.10. The van der Waals surface area contributed by atoms with E-state index in [0.717, 1.165) is 17.5 Å². The van der Waals surface area contributed by atoms with Gasteiger partial charge in [0.05, 0.1) is 23.2 Å². The minimum Gasteiger partial charge on any atom is -0.294 e. The first-order valence-electron chi connectivity index (χ1n) is 9.03. The molecule has 2 aromatic carbocycles. The van der Waals surface area contributed by atoms with Crippen LogP contribution >= 0.6 is 0 Å². The third kappa shape index (κ3) is 4.27. The maximum Gasteiger partial charge on any atom is 0.416 e. The average Bonchev–Trinajstić information content (AvgIpc) is 2.74. The first kappa shape index (κ1) is 19.5. The largest absolute Gasteiger partial charge is 0.416 e. The van der Waals surface area contributed by atoms with Gasteiger partial charge in [0.25, 0.3) is 0 Å². The Bertz CT molecular complexity index is 1210. The summed E-state index contributed by atoms with van der Waals surface area (Å²) in [6.07, 6.45) is -1.38. The van der Waals surface area contributed by atoms with Gasteiger partial charge in [0.15, 0.2) is 0 Å². The van der Waals surface area contributed by atoms with E-state index in [-0.39, 0.29) is 18.3 Å². The van der Waals surface area contributed by atoms with Crippen LogP contribution < -0.4 is 5.32 Å². The molecule has 0 bridgehead atoms. The summed E-state index contributed by atoms with van der Waals surface area (Å²) in [5.74, 6) is -0.125. The highest BCUT2D eigenvalue weighted by Crippen LogP contribution is 2.32. The molecule has 0 aliphatic carbocycles. The fourth-order valence-corrected chi connectivity index (χ4v) is 3.07. The second-order valence-electron chi connectivity index (χ2n) is 6.56. The Balaban J connectivity index is 1.67. The number of fused-ring (bicyclic) bond motifs is 1. The highest BCUT2D eigenvalue weighted by atomic mass is 19.4. The SMILES string of the molecule is O=C(Cc1cccc2ccc(-c3cccc(C(F)(F)F)c3)nc12)Nc1ncccn1. The number of pyridine rings is 1. The summed E-state index contributed by atoms with van der Waals surface area (Å²) in [5.41, 5.74) is 1.21. The topological polar surface area (TPSA) is 67.8 Å². The van der Waals surface area contributed by atoms with E-state index in [1.54, 1.807) is 36.4 Å². The lowest BCUT2D eigenvalue weighted by molar-refractivity contribution is -0.137. The van der Waals surface area contributed by atoms with Crippen molar-refractivity contribution in [1.82, 2.24) is 15.0 Å². The Kier molecular flexibility index (Phi) is 5.14. The normalized spacial score (nSPS) is 11.4. The zero-order valence-corrected chi connectivity index (χ0v) is 15.5. The standard InChI is InChI=1S/C22H15F3N4O/c23-22(24,25)17-7-2-5-15(12-17)18-9-8-14-4-1-6-16(20(14)28-18)13-19(30)29-21-26-10-3-11-27-21/h1-12H,13H2,(H,26,27,29,30). The smallest absolute Gasteiger partial charge is 0.294 e. The van der Waals surface area contributed by atoms with Crippen molar-refractivity contribution >= 4 is 22.8 Å². The number of para-hydroxylation sites is 1. The molecule has 0 unspecified atom stereocenters. The Hall–Kier alpha value is -3.81. The van der Waals surface area contributed by atoms with Gasteiger partial charge in [-0.15, -0.1) is 0 Å². The molecule has 150 valence electrons. The van der Waals surface area contributed by atoms with E-state index in [4.69, 9.17) is 0 Å². The second-order valence-corrected chi connectivity index (χ2v) is 6.56. The highest BCUT2D eigenvalue weighted by molar-refractivity contribution is 5.94. The summed E-state index contributed by atoms with van der Waals surface area (Å²) >= 11 is 0. The van der Waals surface area contributed by atoms with Gasteiger partial charge in [0, 0.05) is 23.3 Å². The Morgan fingerprint density at radius 2 is 1.70 bits per heavy atom. The molecule has 4 rings (SSSR count). The number of halogens is 3. The van der Waals surface area contributed by atoms with Crippen molar-refractivity contribution in [2.45, 2.75) is 12.6 Å². The van der Waals surface area contributed by atoms with Gasteiger partial charge in [0.1, 0.15) is 0 Å². The molecule has 0 aliphatic heterocycles. The Morgan fingerprint density at radius 1 is 0.933 bits per heavy atom. The molecule has 0 aliphatic rings. The molecule has 0 saturated heterocycles. The highest BCUT2D eigenvalue weighted by Gasteiger charge is 2.30. The number of rotatable bonds is 4. The lowest BCUT2D eigenvalue weighted by Crippen LogP contribution is -2.16. The van der Waals surface area contributed by atoms with Crippen LogP contribution in [0, 0.1) is 0 Å². The van der Waals surface area contributed by atoms with E-state index >= 15 is 0 Å². The van der Waals surface area contributed by atoms with Gasteiger partial charge in [-0.25, -0.2) is 15.0 Å². The van der Waals surface area contributed by atoms with Crippen molar-refractivity contribution in [2.75, 3.05) is 5.32 Å². The van der Waals surface area contributed by atoms with Crippen LogP contribution in [-0.4, -0.2) is 20.9 Å². The molecular formula is C22H15F3N4O. The van der Waals surface area contributed by atoms with Crippen LogP contribution in [0.4, 0.5) is 19.1 Å². The van der Waals surface area contributed by atoms with Crippen molar-refractivity contribution in [3.63, 3.8) is 0 Å². The monoisotopic (exact) mass is 408 g/mol. The van der Waals surface area contributed by atoms with Crippen LogP contribution in [0.5, 0.6) is 0 Å². The number of benzene rings is 2. The number of hydrogen-bond donors (Lipinski definition) is 1. The minimum absolute atomic E-state index is 0.0225. The lowest BCUT2D eigenvalue weighted by atomic mass is 10.0. The molecule has 0 fully saturated rings. The zero-order chi connectivity index (χ0) is 21.1.